The molecule has 1 fully saturated rings. The van der Waals surface area contributed by atoms with Crippen molar-refractivity contribution in [3.05, 3.63) is 84.9 Å². The van der Waals surface area contributed by atoms with Crippen LogP contribution in [0.15, 0.2) is 67.0 Å². The highest BCUT2D eigenvalue weighted by Gasteiger charge is 2.24. The van der Waals surface area contributed by atoms with Crippen molar-refractivity contribution in [2.45, 2.75) is 13.5 Å². The van der Waals surface area contributed by atoms with Gasteiger partial charge in [0.05, 0.1) is 18.8 Å². The van der Waals surface area contributed by atoms with Gasteiger partial charge in [-0.1, -0.05) is 13.2 Å². The van der Waals surface area contributed by atoms with Crippen molar-refractivity contribution in [2.75, 3.05) is 29.9 Å². The second kappa shape index (κ2) is 11.1. The molecular formula is C23H27F2N9. The Hall–Kier alpha value is -4.12. The number of nitrogens with one attached hydrogen (secondary N) is 1. The van der Waals surface area contributed by atoms with E-state index in [0.717, 1.165) is 5.71 Å². The van der Waals surface area contributed by atoms with Crippen LogP contribution in [0, 0.1) is 11.6 Å². The summed E-state index contributed by atoms with van der Waals surface area (Å²) in [6.07, 6.45) is 8.80. The maximum Gasteiger partial charge on any atom is 0.207 e. The van der Waals surface area contributed by atoms with Crippen LogP contribution in [0.4, 0.5) is 20.4 Å². The van der Waals surface area contributed by atoms with Crippen molar-refractivity contribution in [2.24, 2.45) is 16.6 Å². The van der Waals surface area contributed by atoms with Gasteiger partial charge in [-0.15, -0.1) is 0 Å². The van der Waals surface area contributed by atoms with Gasteiger partial charge in [-0.2, -0.15) is 4.39 Å². The fraction of sp³-hybridized carbons (Fsp3) is 0.217. The highest BCUT2D eigenvalue weighted by molar-refractivity contribution is 5.92. The van der Waals surface area contributed by atoms with Crippen LogP contribution in [0.2, 0.25) is 0 Å². The van der Waals surface area contributed by atoms with Crippen LogP contribution >= 0.6 is 0 Å². The van der Waals surface area contributed by atoms with E-state index in [9.17, 15) is 4.39 Å². The van der Waals surface area contributed by atoms with Gasteiger partial charge in [0.2, 0.25) is 5.82 Å². The molecule has 0 radical (unpaired) electrons. The third-order valence-electron chi connectivity index (χ3n) is 5.11. The molecule has 178 valence electrons. The summed E-state index contributed by atoms with van der Waals surface area (Å²) in [6.45, 7) is 10.6. The predicted octanol–water partition coefficient (Wildman–Crippen LogP) is 2.73. The van der Waals surface area contributed by atoms with Gasteiger partial charge in [0.25, 0.3) is 0 Å². The molecule has 34 heavy (non-hydrogen) atoms. The van der Waals surface area contributed by atoms with Gasteiger partial charge in [-0.3, -0.25) is 9.98 Å². The van der Waals surface area contributed by atoms with E-state index in [0.29, 0.717) is 36.5 Å². The van der Waals surface area contributed by atoms with Crippen LogP contribution in [0.25, 0.3) is 5.57 Å². The molecule has 2 aromatic rings. The Labute approximate surface area is 196 Å². The second-order valence-corrected chi connectivity index (χ2v) is 7.48. The molecule has 0 unspecified atom stereocenters. The number of rotatable bonds is 8. The summed E-state index contributed by atoms with van der Waals surface area (Å²) in [5.41, 5.74) is 7.94. The van der Waals surface area contributed by atoms with Crippen LogP contribution in [-0.4, -0.2) is 45.3 Å². The Morgan fingerprint density at radius 2 is 2.09 bits per heavy atom. The molecule has 0 amide bonds. The van der Waals surface area contributed by atoms with Crippen LogP contribution < -0.4 is 21.8 Å². The Morgan fingerprint density at radius 3 is 2.79 bits per heavy atom. The summed E-state index contributed by atoms with van der Waals surface area (Å²) < 4.78 is 29.7. The topological polar surface area (TPSA) is 122 Å². The lowest BCUT2D eigenvalue weighted by atomic mass is 10.1. The molecule has 3 rings (SSSR count). The Kier molecular flexibility index (Phi) is 8.04. The number of anilines is 2. The summed E-state index contributed by atoms with van der Waals surface area (Å²) >= 11 is 0. The molecule has 1 saturated heterocycles. The molecule has 9 nitrogen and oxygen atoms in total. The lowest BCUT2D eigenvalue weighted by molar-refractivity contribution is 0.327. The molecule has 0 spiro atoms. The molecule has 1 aliphatic rings. The van der Waals surface area contributed by atoms with Gasteiger partial charge < -0.3 is 21.0 Å². The highest BCUT2D eigenvalue weighted by Crippen LogP contribution is 2.24. The normalized spacial score (nSPS) is 15.8. The van der Waals surface area contributed by atoms with Crippen molar-refractivity contribution >= 4 is 22.9 Å². The maximum absolute atomic E-state index is 15.1. The minimum Gasteiger partial charge on any atom is -0.403 e. The zero-order chi connectivity index (χ0) is 24.7. The molecule has 3 heterocycles. The van der Waals surface area contributed by atoms with Crippen molar-refractivity contribution < 1.29 is 8.78 Å². The molecule has 1 aliphatic heterocycles. The van der Waals surface area contributed by atoms with E-state index >= 15 is 4.39 Å². The van der Waals surface area contributed by atoms with E-state index in [-0.39, 0.29) is 23.9 Å². The van der Waals surface area contributed by atoms with Crippen molar-refractivity contribution in [1.82, 2.24) is 20.0 Å². The first-order chi connectivity index (χ1) is 16.3. The minimum atomic E-state index is -0.622. The molecule has 0 aromatic carbocycles. The van der Waals surface area contributed by atoms with E-state index in [1.54, 1.807) is 24.0 Å². The van der Waals surface area contributed by atoms with Crippen molar-refractivity contribution in [3.63, 3.8) is 0 Å². The summed E-state index contributed by atoms with van der Waals surface area (Å²) in [5.74, 6) is 4.80. The smallest absolute Gasteiger partial charge is 0.207 e. The summed E-state index contributed by atoms with van der Waals surface area (Å²) in [4.78, 5) is 18.0. The van der Waals surface area contributed by atoms with E-state index in [1.165, 1.54) is 36.0 Å². The Bertz CT molecular complexity index is 1160. The Morgan fingerprint density at radius 1 is 1.29 bits per heavy atom. The second-order valence-electron chi connectivity index (χ2n) is 7.48. The molecule has 0 atom stereocenters. The fourth-order valence-corrected chi connectivity index (χ4v) is 3.14. The average molecular weight is 468 g/mol. The number of allylic oxidation sites excluding steroid dienone is 3. The van der Waals surface area contributed by atoms with Gasteiger partial charge in [-0.25, -0.2) is 20.2 Å². The average Bonchev–Trinajstić information content (AvgIpc) is 2.83. The van der Waals surface area contributed by atoms with Crippen LogP contribution in [0.5, 0.6) is 0 Å². The Balaban J connectivity index is 1.69. The number of hydrazine groups is 1. The van der Waals surface area contributed by atoms with Gasteiger partial charge in [0.15, 0.2) is 11.6 Å². The van der Waals surface area contributed by atoms with Gasteiger partial charge in [0.1, 0.15) is 17.8 Å². The van der Waals surface area contributed by atoms with Crippen LogP contribution in [0.3, 0.4) is 0 Å². The van der Waals surface area contributed by atoms with Crippen molar-refractivity contribution in [1.29, 1.82) is 0 Å². The first-order valence-corrected chi connectivity index (χ1v) is 10.4. The van der Waals surface area contributed by atoms with Crippen LogP contribution in [0.1, 0.15) is 18.2 Å². The molecule has 2 aromatic heterocycles. The van der Waals surface area contributed by atoms with Crippen molar-refractivity contribution in [3.8, 4) is 0 Å². The lowest BCUT2D eigenvalue weighted by Gasteiger charge is -2.35. The zero-order valence-electron chi connectivity index (χ0n) is 18.9. The summed E-state index contributed by atoms with van der Waals surface area (Å²) in [5, 5.41) is 4.39. The predicted molar refractivity (Wildman–Crippen MR) is 130 cm³/mol. The number of piperazine rings is 1. The number of hydrogen-bond acceptors (Lipinski definition) is 9. The summed E-state index contributed by atoms with van der Waals surface area (Å²) in [7, 11) is 0. The van der Waals surface area contributed by atoms with Gasteiger partial charge in [-0.05, 0) is 36.3 Å². The molecular weight excluding hydrogens is 440 g/mol. The van der Waals surface area contributed by atoms with E-state index in [1.807, 2.05) is 0 Å². The molecule has 11 heteroatoms. The highest BCUT2D eigenvalue weighted by atomic mass is 19.1. The van der Waals surface area contributed by atoms with Gasteiger partial charge >= 0.3 is 0 Å². The van der Waals surface area contributed by atoms with E-state index in [2.05, 4.69) is 38.4 Å². The molecule has 0 aliphatic carbocycles. The van der Waals surface area contributed by atoms with Gasteiger partial charge in [0, 0.05) is 37.4 Å². The lowest BCUT2D eigenvalue weighted by Crippen LogP contribution is -2.48. The van der Waals surface area contributed by atoms with Crippen LogP contribution in [-0.2, 0) is 6.54 Å². The number of halogens is 2. The molecule has 0 saturated carbocycles. The third kappa shape index (κ3) is 5.81. The third-order valence-corrected chi connectivity index (χ3v) is 5.11. The number of aliphatic imine (C=N–C) groups is 1. The SMILES string of the molecule is C=C/C(C)=N\C=C/C(=C)c1ncc(CNc2ncnc(N3CCN(N)/C(=C\N)C3)c2F)cc1F. The fourth-order valence-electron chi connectivity index (χ4n) is 3.14. The quantitative estimate of drug-likeness (QED) is 0.308. The molecule has 5 N–H and O–H groups in total. The first-order valence-electron chi connectivity index (χ1n) is 10.4. The maximum atomic E-state index is 15.1. The zero-order valence-corrected chi connectivity index (χ0v) is 18.9. The summed E-state index contributed by atoms with van der Waals surface area (Å²) in [6, 6.07) is 1.31. The number of hydrogen-bond donors (Lipinski definition) is 3. The first kappa shape index (κ1) is 24.5. The number of nitrogens with two attached hydrogens (primary N) is 2. The minimum absolute atomic E-state index is 0.00858. The monoisotopic (exact) mass is 467 g/mol. The van der Waals surface area contributed by atoms with E-state index in [4.69, 9.17) is 11.6 Å². The standard InChI is InChI=1S/C23H27F2N9/c1-4-16(3)28-6-5-15(2)21-19(24)9-17(11-29-21)12-30-22-20(25)23(32-14-31-22)33-7-8-34(27)18(10-26)13-33/h4-6,9-11,14H,1-2,7-8,12-13,26-27H2,3H3,(H,30,31,32)/b6-5-,18-10-,28-16-. The number of aromatic nitrogens is 3. The number of pyridine rings is 1. The largest absolute Gasteiger partial charge is 0.403 e. The van der Waals surface area contributed by atoms with E-state index < -0.39 is 11.6 Å². The molecule has 0 bridgehead atoms. The number of nitrogens with zero attached hydrogens (tertiary/aromatic N) is 6.